The number of rotatable bonds is 2. The average Bonchev–Trinajstić information content (AvgIpc) is 2.40. The van der Waals surface area contributed by atoms with Crippen molar-refractivity contribution >= 4 is 17.7 Å². The molecule has 0 aromatic rings. The predicted octanol–water partition coefficient (Wildman–Crippen LogP) is 1.21. The molecule has 1 heterocycles. The molecule has 2 nitrogen and oxygen atoms in total. The summed E-state index contributed by atoms with van der Waals surface area (Å²) in [5, 5.41) is 9.19. The number of carboxylic acids is 1. The lowest BCUT2D eigenvalue weighted by molar-refractivity contribution is -0.137. The van der Waals surface area contributed by atoms with Crippen LogP contribution >= 0.6 is 11.8 Å². The molecule has 0 amide bonds. The van der Waals surface area contributed by atoms with Crippen LogP contribution in [0.25, 0.3) is 0 Å². The van der Waals surface area contributed by atoms with Gasteiger partial charge in [-0.05, 0) is 24.0 Å². The van der Waals surface area contributed by atoms with E-state index in [1.165, 1.54) is 12.2 Å². The number of fused-ring (bicyclic) bond motifs is 1. The van der Waals surface area contributed by atoms with Crippen LogP contribution in [0.3, 0.4) is 0 Å². The molecule has 3 heteroatoms. The molecule has 0 aromatic heterocycles. The molecule has 2 aliphatic rings. The SMILES string of the molecule is O=C(O)CC1C2CCSC21. The van der Waals surface area contributed by atoms with Crippen LogP contribution in [0, 0.1) is 11.8 Å². The van der Waals surface area contributed by atoms with Crippen molar-refractivity contribution in [2.45, 2.75) is 18.1 Å². The van der Waals surface area contributed by atoms with Gasteiger partial charge in [0.2, 0.25) is 0 Å². The fourth-order valence-electron chi connectivity index (χ4n) is 1.84. The Morgan fingerprint density at radius 1 is 1.70 bits per heavy atom. The Balaban J connectivity index is 1.84. The molecular formula is C7H10O2S. The average molecular weight is 158 g/mol. The lowest BCUT2D eigenvalue weighted by Crippen LogP contribution is -1.99. The summed E-state index contributed by atoms with van der Waals surface area (Å²) in [4.78, 5) is 10.3. The minimum atomic E-state index is -0.625. The summed E-state index contributed by atoms with van der Waals surface area (Å²) in [7, 11) is 0. The first kappa shape index (κ1) is 6.53. The molecule has 1 N–H and O–H groups in total. The van der Waals surface area contributed by atoms with E-state index in [0.717, 1.165) is 11.2 Å². The lowest BCUT2D eigenvalue weighted by Gasteiger charge is -1.96. The number of hydrogen-bond acceptors (Lipinski definition) is 2. The van der Waals surface area contributed by atoms with Crippen molar-refractivity contribution in [3.63, 3.8) is 0 Å². The van der Waals surface area contributed by atoms with Gasteiger partial charge in [-0.25, -0.2) is 0 Å². The zero-order valence-electron chi connectivity index (χ0n) is 5.62. The third-order valence-electron chi connectivity index (χ3n) is 2.42. The Kier molecular flexibility index (Phi) is 1.41. The summed E-state index contributed by atoms with van der Waals surface area (Å²) in [5.74, 6) is 1.92. The quantitative estimate of drug-likeness (QED) is 0.656. The second-order valence-corrected chi connectivity index (χ2v) is 4.34. The van der Waals surface area contributed by atoms with Crippen molar-refractivity contribution in [2.24, 2.45) is 11.8 Å². The number of carbonyl (C=O) groups is 1. The van der Waals surface area contributed by atoms with Crippen molar-refractivity contribution in [2.75, 3.05) is 5.75 Å². The predicted molar refractivity (Wildman–Crippen MR) is 40.1 cm³/mol. The smallest absolute Gasteiger partial charge is 0.303 e. The van der Waals surface area contributed by atoms with Gasteiger partial charge in [0.15, 0.2) is 0 Å². The van der Waals surface area contributed by atoms with Crippen LogP contribution in [-0.4, -0.2) is 22.1 Å². The molecule has 2 fully saturated rings. The van der Waals surface area contributed by atoms with E-state index in [0.29, 0.717) is 12.3 Å². The number of thioether (sulfide) groups is 1. The zero-order chi connectivity index (χ0) is 7.14. The highest BCUT2D eigenvalue weighted by atomic mass is 32.2. The van der Waals surface area contributed by atoms with Gasteiger partial charge in [0, 0.05) is 11.7 Å². The first-order valence-corrected chi connectivity index (χ1v) is 4.67. The summed E-state index contributed by atoms with van der Waals surface area (Å²) in [5.41, 5.74) is 0. The highest BCUT2D eigenvalue weighted by molar-refractivity contribution is 8.00. The number of hydrogen-bond donors (Lipinski definition) is 1. The molecule has 1 saturated carbocycles. The van der Waals surface area contributed by atoms with Gasteiger partial charge in [0.1, 0.15) is 0 Å². The molecule has 2 rings (SSSR count). The standard InChI is InChI=1S/C7H10O2S/c8-6(9)3-5-4-1-2-10-7(4)5/h4-5,7H,1-3H2,(H,8,9). The van der Waals surface area contributed by atoms with Crippen molar-refractivity contribution in [1.82, 2.24) is 0 Å². The maximum Gasteiger partial charge on any atom is 0.303 e. The summed E-state index contributed by atoms with van der Waals surface area (Å²) in [6, 6.07) is 0. The zero-order valence-corrected chi connectivity index (χ0v) is 6.43. The van der Waals surface area contributed by atoms with Gasteiger partial charge in [-0.3, -0.25) is 4.79 Å². The van der Waals surface area contributed by atoms with E-state index < -0.39 is 5.97 Å². The van der Waals surface area contributed by atoms with Crippen LogP contribution in [0.1, 0.15) is 12.8 Å². The third-order valence-corrected chi connectivity index (χ3v) is 3.98. The van der Waals surface area contributed by atoms with Gasteiger partial charge in [-0.2, -0.15) is 11.8 Å². The first-order valence-electron chi connectivity index (χ1n) is 3.62. The molecule has 1 aliphatic carbocycles. The Hall–Kier alpha value is -0.180. The number of carboxylic acid groups (broad SMARTS) is 1. The summed E-state index contributed by atoms with van der Waals surface area (Å²) in [6.07, 6.45) is 1.66. The van der Waals surface area contributed by atoms with Crippen molar-refractivity contribution < 1.29 is 9.90 Å². The van der Waals surface area contributed by atoms with Crippen molar-refractivity contribution in [1.29, 1.82) is 0 Å². The topological polar surface area (TPSA) is 37.3 Å². The molecule has 56 valence electrons. The van der Waals surface area contributed by atoms with Crippen LogP contribution in [0.15, 0.2) is 0 Å². The molecule has 0 bridgehead atoms. The highest BCUT2D eigenvalue weighted by Gasteiger charge is 2.53. The van der Waals surface area contributed by atoms with E-state index >= 15 is 0 Å². The van der Waals surface area contributed by atoms with Crippen LogP contribution in [0.4, 0.5) is 0 Å². The third kappa shape index (κ3) is 0.926. The first-order chi connectivity index (χ1) is 4.79. The van der Waals surface area contributed by atoms with Gasteiger partial charge in [-0.15, -0.1) is 0 Å². The van der Waals surface area contributed by atoms with Gasteiger partial charge in [0.05, 0.1) is 0 Å². The van der Waals surface area contributed by atoms with Crippen molar-refractivity contribution in [3.05, 3.63) is 0 Å². The van der Waals surface area contributed by atoms with Crippen molar-refractivity contribution in [3.8, 4) is 0 Å². The second-order valence-electron chi connectivity index (χ2n) is 3.05. The Morgan fingerprint density at radius 3 is 3.00 bits per heavy atom. The molecule has 10 heavy (non-hydrogen) atoms. The van der Waals surface area contributed by atoms with Gasteiger partial charge in [0.25, 0.3) is 0 Å². The van der Waals surface area contributed by atoms with Gasteiger partial charge < -0.3 is 5.11 Å². The summed E-state index contributed by atoms with van der Waals surface area (Å²) >= 11 is 1.96. The summed E-state index contributed by atoms with van der Waals surface area (Å²) in [6.45, 7) is 0. The van der Waals surface area contributed by atoms with E-state index in [9.17, 15) is 4.79 Å². The van der Waals surface area contributed by atoms with E-state index in [2.05, 4.69) is 0 Å². The highest BCUT2D eigenvalue weighted by Crippen LogP contribution is 2.57. The van der Waals surface area contributed by atoms with Crippen LogP contribution in [0.5, 0.6) is 0 Å². The van der Waals surface area contributed by atoms with E-state index in [1.807, 2.05) is 11.8 Å². The molecular weight excluding hydrogens is 148 g/mol. The number of aliphatic carboxylic acids is 1. The Morgan fingerprint density at radius 2 is 2.50 bits per heavy atom. The van der Waals surface area contributed by atoms with Crippen LogP contribution < -0.4 is 0 Å². The molecule has 1 aliphatic heterocycles. The molecule has 0 radical (unpaired) electrons. The van der Waals surface area contributed by atoms with Gasteiger partial charge >= 0.3 is 5.97 Å². The largest absolute Gasteiger partial charge is 0.481 e. The van der Waals surface area contributed by atoms with Gasteiger partial charge in [-0.1, -0.05) is 0 Å². The fourth-order valence-corrected chi connectivity index (χ4v) is 3.56. The molecule has 1 saturated heterocycles. The van der Waals surface area contributed by atoms with Crippen LogP contribution in [0.2, 0.25) is 0 Å². The molecule has 0 aromatic carbocycles. The minimum absolute atomic E-state index is 0.405. The molecule has 0 spiro atoms. The van der Waals surface area contributed by atoms with E-state index in [4.69, 9.17) is 5.11 Å². The normalized spacial score (nSPS) is 43.0. The lowest BCUT2D eigenvalue weighted by atomic mass is 10.2. The maximum absolute atomic E-state index is 10.3. The molecule has 3 atom stereocenters. The monoisotopic (exact) mass is 158 g/mol. The van der Waals surface area contributed by atoms with Crippen LogP contribution in [-0.2, 0) is 4.79 Å². The van der Waals surface area contributed by atoms with E-state index in [-0.39, 0.29) is 0 Å². The molecule has 3 unspecified atom stereocenters. The fraction of sp³-hybridized carbons (Fsp3) is 0.857. The minimum Gasteiger partial charge on any atom is -0.481 e. The summed E-state index contributed by atoms with van der Waals surface area (Å²) < 4.78 is 0. The Labute approximate surface area is 64.0 Å². The maximum atomic E-state index is 10.3. The second kappa shape index (κ2) is 2.16. The van der Waals surface area contributed by atoms with E-state index in [1.54, 1.807) is 0 Å². The Bertz CT molecular complexity index is 159.